The van der Waals surface area contributed by atoms with Crippen LogP contribution in [0.5, 0.6) is 0 Å². The van der Waals surface area contributed by atoms with Crippen molar-refractivity contribution in [3.63, 3.8) is 0 Å². The molecule has 31 heavy (non-hydrogen) atoms. The van der Waals surface area contributed by atoms with E-state index in [0.717, 1.165) is 21.2 Å². The predicted octanol–water partition coefficient (Wildman–Crippen LogP) is 5.81. The Morgan fingerprint density at radius 1 is 0.935 bits per heavy atom. The topological polar surface area (TPSA) is 57.7 Å². The number of anilines is 2. The lowest BCUT2D eigenvalue weighted by Gasteiger charge is -2.31. The first kappa shape index (κ1) is 21.9. The van der Waals surface area contributed by atoms with Crippen LogP contribution in [0.1, 0.15) is 24.2 Å². The summed E-state index contributed by atoms with van der Waals surface area (Å²) in [5.41, 5.74) is 1.62. The van der Waals surface area contributed by atoms with Crippen molar-refractivity contribution in [1.29, 1.82) is 0 Å². The molecular weight excluding hydrogens is 452 g/mol. The normalized spacial score (nSPS) is 13.1. The molecule has 4 rings (SSSR count). The van der Waals surface area contributed by atoms with Gasteiger partial charge in [0.2, 0.25) is 10.0 Å². The fraction of sp³-hybridized carbons (Fsp3) is 0.174. The smallest absolute Gasteiger partial charge is 0.264 e. The van der Waals surface area contributed by atoms with E-state index in [2.05, 4.69) is 0 Å². The van der Waals surface area contributed by atoms with Crippen molar-refractivity contribution < 1.29 is 13.2 Å². The van der Waals surface area contributed by atoms with E-state index in [9.17, 15) is 13.2 Å². The number of hydrogen-bond acceptors (Lipinski definition) is 4. The second-order valence-electron chi connectivity index (χ2n) is 6.91. The molecule has 1 aliphatic heterocycles. The van der Waals surface area contributed by atoms with Gasteiger partial charge in [-0.2, -0.15) is 4.31 Å². The molecule has 5 nitrogen and oxygen atoms in total. The Bertz CT molecular complexity index is 1210. The summed E-state index contributed by atoms with van der Waals surface area (Å²) in [4.78, 5) is 17.3. The summed E-state index contributed by atoms with van der Waals surface area (Å²) in [6.45, 7) is 4.24. The molecule has 0 aliphatic carbocycles. The van der Waals surface area contributed by atoms with Crippen molar-refractivity contribution >= 4 is 50.7 Å². The zero-order chi connectivity index (χ0) is 22.2. The SMILES string of the molecule is CCN(CC)S(=O)(=O)c1ccc(Cl)c(C(=O)N2c3ccccc3Sc3ccccc32)c1. The third kappa shape index (κ3) is 3.87. The maximum Gasteiger partial charge on any atom is 0.264 e. The average molecular weight is 473 g/mol. The molecule has 1 heterocycles. The second kappa shape index (κ2) is 8.67. The molecule has 0 unspecified atom stereocenters. The van der Waals surface area contributed by atoms with Crippen molar-refractivity contribution in [3.05, 3.63) is 77.3 Å². The van der Waals surface area contributed by atoms with Crippen LogP contribution in [0.15, 0.2) is 81.4 Å². The zero-order valence-electron chi connectivity index (χ0n) is 17.1. The van der Waals surface area contributed by atoms with Crippen LogP contribution < -0.4 is 4.90 Å². The van der Waals surface area contributed by atoms with Crippen LogP contribution in [-0.4, -0.2) is 31.7 Å². The lowest BCUT2D eigenvalue weighted by atomic mass is 10.1. The van der Waals surface area contributed by atoms with Crippen LogP contribution >= 0.6 is 23.4 Å². The summed E-state index contributed by atoms with van der Waals surface area (Å²) in [7, 11) is -3.73. The van der Waals surface area contributed by atoms with E-state index in [-0.39, 0.29) is 21.4 Å². The predicted molar refractivity (Wildman–Crippen MR) is 125 cm³/mol. The summed E-state index contributed by atoms with van der Waals surface area (Å²) < 4.78 is 27.4. The van der Waals surface area contributed by atoms with Gasteiger partial charge in [-0.05, 0) is 42.5 Å². The highest BCUT2D eigenvalue weighted by molar-refractivity contribution is 7.99. The molecule has 0 atom stereocenters. The van der Waals surface area contributed by atoms with Crippen LogP contribution in [0.3, 0.4) is 0 Å². The molecule has 160 valence electrons. The first-order chi connectivity index (χ1) is 14.9. The Balaban J connectivity index is 1.85. The molecule has 0 radical (unpaired) electrons. The van der Waals surface area contributed by atoms with Gasteiger partial charge in [-0.15, -0.1) is 0 Å². The van der Waals surface area contributed by atoms with Crippen LogP contribution in [0, 0.1) is 0 Å². The first-order valence-corrected chi connectivity index (χ1v) is 12.5. The number of rotatable bonds is 5. The number of carbonyl (C=O) groups is 1. The molecule has 0 bridgehead atoms. The number of nitrogens with zero attached hydrogens (tertiary/aromatic N) is 2. The van der Waals surface area contributed by atoms with Crippen molar-refractivity contribution in [3.8, 4) is 0 Å². The molecule has 3 aromatic carbocycles. The Kier molecular flexibility index (Phi) is 6.12. The molecule has 1 aliphatic rings. The lowest BCUT2D eigenvalue weighted by molar-refractivity contribution is 0.0998. The monoisotopic (exact) mass is 472 g/mol. The van der Waals surface area contributed by atoms with E-state index in [1.807, 2.05) is 48.5 Å². The highest BCUT2D eigenvalue weighted by Crippen LogP contribution is 2.48. The van der Waals surface area contributed by atoms with Crippen LogP contribution in [0.4, 0.5) is 11.4 Å². The quantitative estimate of drug-likeness (QED) is 0.470. The fourth-order valence-corrected chi connectivity index (χ4v) is 6.33. The summed E-state index contributed by atoms with van der Waals surface area (Å²) in [5.74, 6) is -0.373. The van der Waals surface area contributed by atoms with Gasteiger partial charge in [-0.1, -0.05) is 61.5 Å². The zero-order valence-corrected chi connectivity index (χ0v) is 19.5. The first-order valence-electron chi connectivity index (χ1n) is 9.88. The molecule has 1 amide bonds. The molecule has 3 aromatic rings. The molecule has 0 fully saturated rings. The third-order valence-electron chi connectivity index (χ3n) is 5.15. The second-order valence-corrected chi connectivity index (χ2v) is 10.3. The van der Waals surface area contributed by atoms with Crippen LogP contribution in [0.25, 0.3) is 0 Å². The number of benzene rings is 3. The van der Waals surface area contributed by atoms with Crippen molar-refractivity contribution in [2.45, 2.75) is 28.5 Å². The third-order valence-corrected chi connectivity index (χ3v) is 8.65. The van der Waals surface area contributed by atoms with Crippen molar-refractivity contribution in [1.82, 2.24) is 4.31 Å². The molecule has 0 spiro atoms. The summed E-state index contributed by atoms with van der Waals surface area (Å²) in [6, 6.07) is 19.6. The number of halogens is 1. The maximum atomic E-state index is 13.8. The van der Waals surface area contributed by atoms with Crippen molar-refractivity contribution in [2.24, 2.45) is 0 Å². The molecule has 0 aromatic heterocycles. The molecule has 0 saturated carbocycles. The van der Waals surface area contributed by atoms with E-state index < -0.39 is 10.0 Å². The molecular formula is C23H21ClN2O3S2. The van der Waals surface area contributed by atoms with Gasteiger partial charge < -0.3 is 0 Å². The minimum atomic E-state index is -3.73. The Labute approximate surface area is 191 Å². The summed E-state index contributed by atoms with van der Waals surface area (Å²) in [5, 5.41) is 0.205. The fourth-order valence-electron chi connectivity index (χ4n) is 3.59. The number of carbonyl (C=O) groups excluding carboxylic acids is 1. The van der Waals surface area contributed by atoms with Crippen LogP contribution in [-0.2, 0) is 10.0 Å². The van der Waals surface area contributed by atoms with Gasteiger partial charge in [-0.25, -0.2) is 8.42 Å². The number of sulfonamides is 1. The van der Waals surface area contributed by atoms with E-state index in [1.54, 1.807) is 30.5 Å². The van der Waals surface area contributed by atoms with Crippen molar-refractivity contribution in [2.75, 3.05) is 18.0 Å². The largest absolute Gasteiger partial charge is 0.275 e. The Morgan fingerprint density at radius 3 is 2.03 bits per heavy atom. The van der Waals surface area contributed by atoms with Crippen LogP contribution in [0.2, 0.25) is 5.02 Å². The van der Waals surface area contributed by atoms with E-state index in [0.29, 0.717) is 13.1 Å². The van der Waals surface area contributed by atoms with Gasteiger partial charge >= 0.3 is 0 Å². The van der Waals surface area contributed by atoms with Gasteiger partial charge in [0.15, 0.2) is 0 Å². The van der Waals surface area contributed by atoms with E-state index in [1.165, 1.54) is 22.5 Å². The Morgan fingerprint density at radius 2 is 1.48 bits per heavy atom. The number of hydrogen-bond donors (Lipinski definition) is 0. The van der Waals surface area contributed by atoms with Gasteiger partial charge in [-0.3, -0.25) is 9.69 Å². The molecule has 0 N–H and O–H groups in total. The average Bonchev–Trinajstić information content (AvgIpc) is 2.77. The number of amides is 1. The van der Waals surface area contributed by atoms with E-state index >= 15 is 0 Å². The highest BCUT2D eigenvalue weighted by Gasteiger charge is 2.31. The maximum absolute atomic E-state index is 13.8. The number of fused-ring (bicyclic) bond motifs is 2. The summed E-state index contributed by atoms with van der Waals surface area (Å²) in [6.07, 6.45) is 0. The van der Waals surface area contributed by atoms with Gasteiger partial charge in [0.1, 0.15) is 0 Å². The van der Waals surface area contributed by atoms with Gasteiger partial charge in [0.25, 0.3) is 5.91 Å². The minimum Gasteiger partial charge on any atom is -0.275 e. The van der Waals surface area contributed by atoms with E-state index in [4.69, 9.17) is 11.6 Å². The molecule has 0 saturated heterocycles. The Hall–Kier alpha value is -2.32. The molecule has 8 heteroatoms. The lowest BCUT2D eigenvalue weighted by Crippen LogP contribution is -2.31. The number of para-hydroxylation sites is 2. The highest BCUT2D eigenvalue weighted by atomic mass is 35.5. The standard InChI is InChI=1S/C23H21ClN2O3S2/c1-3-25(4-2)31(28,29)16-13-14-18(24)17(15-16)23(27)26-19-9-5-7-11-21(19)30-22-12-8-6-10-20(22)26/h5-15H,3-4H2,1-2H3. The van der Waals surface area contributed by atoms with Gasteiger partial charge in [0.05, 0.1) is 26.9 Å². The summed E-state index contributed by atoms with van der Waals surface area (Å²) >= 11 is 7.99. The van der Waals surface area contributed by atoms with Gasteiger partial charge in [0, 0.05) is 22.9 Å². The minimum absolute atomic E-state index is 0.0527.